The van der Waals surface area contributed by atoms with Crippen molar-refractivity contribution in [1.29, 1.82) is 0 Å². The number of carbonyl (C=O) groups excluding carboxylic acids is 1. The van der Waals surface area contributed by atoms with Gasteiger partial charge in [0.2, 0.25) is 0 Å². The molecular formula is C16H14ClN3O2. The van der Waals surface area contributed by atoms with E-state index >= 15 is 0 Å². The molecule has 1 atom stereocenters. The fourth-order valence-electron chi connectivity index (χ4n) is 2.49. The standard InChI is InChI=1S/C16H14ClN3O2/c1-11-10-16(22,13-6-8-18-9-7-13)20(19-11)15(21)12-2-4-14(17)5-3-12/h2-9,22H,10H2,1H3/t16-/m1/s1. The van der Waals surface area contributed by atoms with Crippen LogP contribution in [0.1, 0.15) is 29.3 Å². The normalized spacial score (nSPS) is 20.9. The molecule has 0 fully saturated rings. The van der Waals surface area contributed by atoms with E-state index in [9.17, 15) is 9.90 Å². The summed E-state index contributed by atoms with van der Waals surface area (Å²) in [5.74, 6) is -0.382. The van der Waals surface area contributed by atoms with Crippen molar-refractivity contribution < 1.29 is 9.90 Å². The second-order valence-corrected chi connectivity index (χ2v) is 5.62. The molecule has 0 saturated heterocycles. The zero-order valence-corrected chi connectivity index (χ0v) is 12.7. The number of rotatable bonds is 2. The lowest BCUT2D eigenvalue weighted by atomic mass is 9.98. The van der Waals surface area contributed by atoms with Gasteiger partial charge in [-0.3, -0.25) is 9.78 Å². The van der Waals surface area contributed by atoms with Crippen molar-refractivity contribution in [3.05, 3.63) is 64.9 Å². The Hall–Kier alpha value is -2.24. The lowest BCUT2D eigenvalue weighted by Crippen LogP contribution is -2.43. The van der Waals surface area contributed by atoms with E-state index in [2.05, 4.69) is 10.1 Å². The van der Waals surface area contributed by atoms with E-state index in [4.69, 9.17) is 11.6 Å². The highest BCUT2D eigenvalue weighted by atomic mass is 35.5. The second-order valence-electron chi connectivity index (χ2n) is 5.19. The lowest BCUT2D eigenvalue weighted by Gasteiger charge is -2.31. The molecule has 1 aliphatic rings. The van der Waals surface area contributed by atoms with Crippen molar-refractivity contribution in [2.45, 2.75) is 19.1 Å². The third kappa shape index (κ3) is 2.49. The summed E-state index contributed by atoms with van der Waals surface area (Å²) in [6.07, 6.45) is 3.41. The molecule has 0 radical (unpaired) electrons. The second kappa shape index (κ2) is 5.51. The van der Waals surface area contributed by atoms with Crippen molar-refractivity contribution in [3.8, 4) is 0 Å². The van der Waals surface area contributed by atoms with Crippen LogP contribution in [-0.2, 0) is 5.72 Å². The average molecular weight is 316 g/mol. The van der Waals surface area contributed by atoms with Crippen LogP contribution in [0, 0.1) is 0 Å². The molecule has 112 valence electrons. The van der Waals surface area contributed by atoms with Crippen molar-refractivity contribution in [2.24, 2.45) is 5.10 Å². The van der Waals surface area contributed by atoms with Gasteiger partial charge >= 0.3 is 0 Å². The molecule has 0 spiro atoms. The predicted octanol–water partition coefficient (Wildman–Crippen LogP) is 2.80. The number of aromatic nitrogens is 1. The first-order valence-electron chi connectivity index (χ1n) is 6.78. The Bertz CT molecular complexity index is 731. The summed E-state index contributed by atoms with van der Waals surface area (Å²) < 4.78 is 0. The molecule has 1 N–H and O–H groups in total. The van der Waals surface area contributed by atoms with Crippen LogP contribution in [0.2, 0.25) is 5.02 Å². The predicted molar refractivity (Wildman–Crippen MR) is 83.5 cm³/mol. The minimum atomic E-state index is -1.50. The minimum Gasteiger partial charge on any atom is -0.365 e. The summed E-state index contributed by atoms with van der Waals surface area (Å²) in [7, 11) is 0. The maximum atomic E-state index is 12.7. The molecule has 0 saturated carbocycles. The van der Waals surface area contributed by atoms with E-state index in [1.807, 2.05) is 0 Å². The number of aliphatic hydroxyl groups is 1. The zero-order valence-electron chi connectivity index (χ0n) is 11.9. The quantitative estimate of drug-likeness (QED) is 0.926. The van der Waals surface area contributed by atoms with Gasteiger partial charge in [0.1, 0.15) is 0 Å². The molecule has 2 heterocycles. The largest absolute Gasteiger partial charge is 0.365 e. The van der Waals surface area contributed by atoms with Crippen molar-refractivity contribution in [1.82, 2.24) is 9.99 Å². The van der Waals surface area contributed by atoms with Gasteiger partial charge in [0.15, 0.2) is 5.72 Å². The lowest BCUT2D eigenvalue weighted by molar-refractivity contribution is -0.0765. The van der Waals surface area contributed by atoms with Gasteiger partial charge in [0.05, 0.1) is 0 Å². The van der Waals surface area contributed by atoms with E-state index in [-0.39, 0.29) is 12.3 Å². The molecule has 1 aliphatic heterocycles. The third-order valence-electron chi connectivity index (χ3n) is 3.55. The highest BCUT2D eigenvalue weighted by molar-refractivity contribution is 6.30. The van der Waals surface area contributed by atoms with Crippen LogP contribution >= 0.6 is 11.6 Å². The van der Waals surface area contributed by atoms with Crippen LogP contribution in [0.5, 0.6) is 0 Å². The Morgan fingerprint density at radius 1 is 1.23 bits per heavy atom. The molecule has 1 amide bonds. The fraction of sp³-hybridized carbons (Fsp3) is 0.188. The summed E-state index contributed by atoms with van der Waals surface area (Å²) in [6.45, 7) is 1.78. The molecule has 2 aromatic rings. The van der Waals surface area contributed by atoms with Gasteiger partial charge in [-0.25, -0.2) is 0 Å². The number of halogens is 1. The van der Waals surface area contributed by atoms with Gasteiger partial charge in [0.25, 0.3) is 5.91 Å². The van der Waals surface area contributed by atoms with E-state index in [1.54, 1.807) is 55.7 Å². The number of pyridine rings is 1. The van der Waals surface area contributed by atoms with Gasteiger partial charge in [-0.15, -0.1) is 0 Å². The van der Waals surface area contributed by atoms with Gasteiger partial charge in [-0.1, -0.05) is 11.6 Å². The highest BCUT2D eigenvalue weighted by Crippen LogP contribution is 2.36. The highest BCUT2D eigenvalue weighted by Gasteiger charge is 2.45. The van der Waals surface area contributed by atoms with Crippen molar-refractivity contribution in [3.63, 3.8) is 0 Å². The SMILES string of the molecule is CC1=NN(C(=O)c2ccc(Cl)cc2)[C@](O)(c2ccncc2)C1. The molecule has 22 heavy (non-hydrogen) atoms. The van der Waals surface area contributed by atoms with Gasteiger partial charge in [0, 0.05) is 40.7 Å². The molecule has 1 aromatic carbocycles. The third-order valence-corrected chi connectivity index (χ3v) is 3.80. The first kappa shape index (κ1) is 14.7. The van der Waals surface area contributed by atoms with E-state index in [0.29, 0.717) is 21.9 Å². The number of amides is 1. The number of hydrogen-bond donors (Lipinski definition) is 1. The van der Waals surface area contributed by atoms with Crippen LogP contribution < -0.4 is 0 Å². The monoisotopic (exact) mass is 315 g/mol. The molecule has 1 aromatic heterocycles. The number of hydrogen-bond acceptors (Lipinski definition) is 4. The van der Waals surface area contributed by atoms with Crippen molar-refractivity contribution in [2.75, 3.05) is 0 Å². The van der Waals surface area contributed by atoms with Gasteiger partial charge in [-0.2, -0.15) is 10.1 Å². The fourth-order valence-corrected chi connectivity index (χ4v) is 2.62. The Balaban J connectivity index is 2.00. The van der Waals surface area contributed by atoms with Crippen LogP contribution in [0.15, 0.2) is 53.9 Å². The van der Waals surface area contributed by atoms with Gasteiger partial charge < -0.3 is 5.11 Å². The Kier molecular flexibility index (Phi) is 3.68. The maximum Gasteiger partial charge on any atom is 0.276 e. The Morgan fingerprint density at radius 2 is 1.86 bits per heavy atom. The summed E-state index contributed by atoms with van der Waals surface area (Å²) in [4.78, 5) is 16.6. The summed E-state index contributed by atoms with van der Waals surface area (Å²) >= 11 is 5.84. The maximum absolute atomic E-state index is 12.7. The molecular weight excluding hydrogens is 302 g/mol. The Morgan fingerprint density at radius 3 is 2.50 bits per heavy atom. The van der Waals surface area contributed by atoms with Crippen molar-refractivity contribution >= 4 is 23.2 Å². The molecule has 0 unspecified atom stereocenters. The average Bonchev–Trinajstić information content (AvgIpc) is 2.84. The van der Waals surface area contributed by atoms with Crippen LogP contribution in [-0.4, -0.2) is 26.7 Å². The van der Waals surface area contributed by atoms with E-state index in [1.165, 1.54) is 0 Å². The molecule has 3 rings (SSSR count). The summed E-state index contributed by atoms with van der Waals surface area (Å²) in [5, 5.41) is 16.9. The first-order valence-corrected chi connectivity index (χ1v) is 7.15. The van der Waals surface area contributed by atoms with E-state index in [0.717, 1.165) is 5.01 Å². The van der Waals surface area contributed by atoms with Crippen LogP contribution in [0.3, 0.4) is 0 Å². The number of benzene rings is 1. The number of hydrazone groups is 1. The number of nitrogens with zero attached hydrogens (tertiary/aromatic N) is 3. The molecule has 6 heteroatoms. The van der Waals surface area contributed by atoms with Gasteiger partial charge in [-0.05, 0) is 43.3 Å². The van der Waals surface area contributed by atoms with E-state index < -0.39 is 5.72 Å². The Labute approximate surface area is 132 Å². The smallest absolute Gasteiger partial charge is 0.276 e. The summed E-state index contributed by atoms with van der Waals surface area (Å²) in [5.41, 5.74) is 0.173. The molecule has 0 bridgehead atoms. The van der Waals surface area contributed by atoms with Crippen LogP contribution in [0.25, 0.3) is 0 Å². The summed E-state index contributed by atoms with van der Waals surface area (Å²) in [6, 6.07) is 9.84. The molecule has 5 nitrogen and oxygen atoms in total. The molecule has 0 aliphatic carbocycles. The minimum absolute atomic E-state index is 0.260. The first-order chi connectivity index (χ1) is 10.5. The van der Waals surface area contributed by atoms with Crippen LogP contribution in [0.4, 0.5) is 0 Å². The zero-order chi connectivity index (χ0) is 15.7. The number of carbonyl (C=O) groups is 1. The topological polar surface area (TPSA) is 65.8 Å².